The third kappa shape index (κ3) is 8.14. The van der Waals surface area contributed by atoms with Gasteiger partial charge in [0.2, 0.25) is 0 Å². The molecular weight excluding hydrogens is 377 g/mol. The zero-order valence-corrected chi connectivity index (χ0v) is 16.0. The molecule has 0 atom stereocenters. The van der Waals surface area contributed by atoms with Gasteiger partial charge in [-0.05, 0) is 37.0 Å². The minimum absolute atomic E-state index is 0. The molecule has 0 fully saturated rings. The second-order valence-electron chi connectivity index (χ2n) is 6.19. The lowest BCUT2D eigenvalue weighted by Crippen LogP contribution is -2.37. The first-order valence-corrected chi connectivity index (χ1v) is 7.09. The predicted molar refractivity (Wildman–Crippen MR) is 101 cm³/mol. The Balaban J connectivity index is 0.00000400. The van der Waals surface area contributed by atoms with Crippen molar-refractivity contribution in [1.82, 2.24) is 5.32 Å². The highest BCUT2D eigenvalue weighted by Gasteiger charge is 2.12. The number of ether oxygens (including phenoxy) is 1. The van der Waals surface area contributed by atoms with Crippen LogP contribution in [0.15, 0.2) is 29.3 Å². The Morgan fingerprint density at radius 3 is 2.29 bits per heavy atom. The highest BCUT2D eigenvalue weighted by molar-refractivity contribution is 14.0. The van der Waals surface area contributed by atoms with E-state index in [-0.39, 0.29) is 29.4 Å². The molecule has 21 heavy (non-hydrogen) atoms. The molecule has 5 heteroatoms. The van der Waals surface area contributed by atoms with Crippen LogP contribution in [0.2, 0.25) is 0 Å². The number of rotatable bonds is 5. The third-order valence-electron chi connectivity index (χ3n) is 2.80. The van der Waals surface area contributed by atoms with Crippen LogP contribution >= 0.6 is 24.0 Å². The number of hydrogen-bond donors (Lipinski definition) is 2. The van der Waals surface area contributed by atoms with Crippen LogP contribution in [0.3, 0.4) is 0 Å². The highest BCUT2D eigenvalue weighted by atomic mass is 127. The summed E-state index contributed by atoms with van der Waals surface area (Å²) in [4.78, 5) is 4.19. The van der Waals surface area contributed by atoms with E-state index in [1.807, 2.05) is 26.0 Å². The Morgan fingerprint density at radius 1 is 1.24 bits per heavy atom. The molecule has 0 aromatic heterocycles. The van der Waals surface area contributed by atoms with Crippen LogP contribution in [0, 0.1) is 0 Å². The standard InChI is InChI=1S/C16H27N3O.HI/c1-12(2)19-15(17)18-10-11-20-14-8-6-13(7-9-14)16(3,4)5;/h6-9,12H,10-11H2,1-5H3,(H3,17,18,19);1H. The molecule has 0 aliphatic carbocycles. The summed E-state index contributed by atoms with van der Waals surface area (Å²) in [5.41, 5.74) is 7.17. The van der Waals surface area contributed by atoms with Crippen LogP contribution in [0.5, 0.6) is 5.75 Å². The quantitative estimate of drug-likeness (QED) is 0.342. The second-order valence-corrected chi connectivity index (χ2v) is 6.19. The number of guanidine groups is 1. The fraction of sp³-hybridized carbons (Fsp3) is 0.562. The summed E-state index contributed by atoms with van der Waals surface area (Å²) in [5, 5.41) is 3.04. The molecule has 0 radical (unpaired) electrons. The van der Waals surface area contributed by atoms with E-state index in [9.17, 15) is 0 Å². The molecule has 120 valence electrons. The zero-order valence-electron chi connectivity index (χ0n) is 13.6. The van der Waals surface area contributed by atoms with Crippen molar-refractivity contribution >= 4 is 29.9 Å². The normalized spacial score (nSPS) is 12.0. The van der Waals surface area contributed by atoms with Crippen molar-refractivity contribution in [3.63, 3.8) is 0 Å². The number of aliphatic imine (C=N–C) groups is 1. The summed E-state index contributed by atoms with van der Waals surface area (Å²) in [6.45, 7) is 11.7. The van der Waals surface area contributed by atoms with Crippen molar-refractivity contribution in [3.05, 3.63) is 29.8 Å². The van der Waals surface area contributed by atoms with Gasteiger partial charge in [-0.2, -0.15) is 0 Å². The second kappa shape index (κ2) is 9.12. The molecule has 0 saturated carbocycles. The molecule has 0 spiro atoms. The molecule has 1 aromatic rings. The average molecular weight is 405 g/mol. The smallest absolute Gasteiger partial charge is 0.188 e. The topological polar surface area (TPSA) is 59.6 Å². The number of halogens is 1. The van der Waals surface area contributed by atoms with Crippen LogP contribution in [0.1, 0.15) is 40.2 Å². The lowest BCUT2D eigenvalue weighted by molar-refractivity contribution is 0.328. The van der Waals surface area contributed by atoms with Gasteiger partial charge >= 0.3 is 0 Å². The molecule has 1 aromatic carbocycles. The van der Waals surface area contributed by atoms with E-state index >= 15 is 0 Å². The number of hydrogen-bond acceptors (Lipinski definition) is 2. The van der Waals surface area contributed by atoms with E-state index < -0.39 is 0 Å². The van der Waals surface area contributed by atoms with Gasteiger partial charge < -0.3 is 15.8 Å². The SMILES string of the molecule is CC(C)NC(N)=NCCOc1ccc(C(C)(C)C)cc1.I. The molecule has 0 heterocycles. The molecule has 4 nitrogen and oxygen atoms in total. The van der Waals surface area contributed by atoms with E-state index in [1.165, 1.54) is 5.56 Å². The lowest BCUT2D eigenvalue weighted by atomic mass is 9.87. The van der Waals surface area contributed by atoms with Gasteiger partial charge in [-0.25, -0.2) is 4.99 Å². The summed E-state index contributed by atoms with van der Waals surface area (Å²) >= 11 is 0. The molecule has 0 aliphatic heterocycles. The summed E-state index contributed by atoms with van der Waals surface area (Å²) < 4.78 is 5.64. The molecule has 0 unspecified atom stereocenters. The van der Waals surface area contributed by atoms with E-state index in [0.29, 0.717) is 25.2 Å². The van der Waals surface area contributed by atoms with Gasteiger partial charge in [0, 0.05) is 6.04 Å². The number of nitrogens with two attached hydrogens (primary N) is 1. The largest absolute Gasteiger partial charge is 0.492 e. The maximum absolute atomic E-state index is 5.71. The highest BCUT2D eigenvalue weighted by Crippen LogP contribution is 2.24. The van der Waals surface area contributed by atoms with Gasteiger partial charge in [0.1, 0.15) is 12.4 Å². The number of nitrogens with zero attached hydrogens (tertiary/aromatic N) is 1. The van der Waals surface area contributed by atoms with Gasteiger partial charge in [0.25, 0.3) is 0 Å². The third-order valence-corrected chi connectivity index (χ3v) is 2.80. The van der Waals surface area contributed by atoms with Crippen molar-refractivity contribution in [2.75, 3.05) is 13.2 Å². The Bertz CT molecular complexity index is 436. The molecule has 0 saturated heterocycles. The molecule has 3 N–H and O–H groups in total. The van der Waals surface area contributed by atoms with Crippen LogP contribution in [0.4, 0.5) is 0 Å². The average Bonchev–Trinajstić information content (AvgIpc) is 2.33. The van der Waals surface area contributed by atoms with Crippen molar-refractivity contribution in [3.8, 4) is 5.75 Å². The van der Waals surface area contributed by atoms with Crippen LogP contribution in [-0.4, -0.2) is 25.2 Å². The summed E-state index contributed by atoms with van der Waals surface area (Å²) in [6, 6.07) is 8.50. The van der Waals surface area contributed by atoms with Crippen molar-refractivity contribution in [1.29, 1.82) is 0 Å². The van der Waals surface area contributed by atoms with E-state index in [1.54, 1.807) is 0 Å². The van der Waals surface area contributed by atoms with Crippen molar-refractivity contribution < 1.29 is 4.74 Å². The van der Waals surface area contributed by atoms with Gasteiger partial charge in [-0.1, -0.05) is 32.9 Å². The van der Waals surface area contributed by atoms with Gasteiger partial charge in [0.05, 0.1) is 6.54 Å². The van der Waals surface area contributed by atoms with Gasteiger partial charge in [0.15, 0.2) is 5.96 Å². The number of benzene rings is 1. The van der Waals surface area contributed by atoms with Crippen molar-refractivity contribution in [2.45, 2.75) is 46.1 Å². The Kier molecular flexibility index (Phi) is 8.70. The van der Waals surface area contributed by atoms with E-state index in [4.69, 9.17) is 10.5 Å². The van der Waals surface area contributed by atoms with E-state index in [2.05, 4.69) is 43.2 Å². The Morgan fingerprint density at radius 2 is 1.81 bits per heavy atom. The molecule has 0 aliphatic rings. The van der Waals surface area contributed by atoms with Crippen LogP contribution in [0.25, 0.3) is 0 Å². The summed E-state index contributed by atoms with van der Waals surface area (Å²) in [6.07, 6.45) is 0. The maximum atomic E-state index is 5.71. The van der Waals surface area contributed by atoms with E-state index in [0.717, 1.165) is 5.75 Å². The first-order valence-electron chi connectivity index (χ1n) is 7.09. The number of nitrogens with one attached hydrogen (secondary N) is 1. The predicted octanol–water partition coefficient (Wildman–Crippen LogP) is 3.29. The first kappa shape index (κ1) is 20.0. The minimum Gasteiger partial charge on any atom is -0.492 e. The zero-order chi connectivity index (χ0) is 15.2. The van der Waals surface area contributed by atoms with Crippen molar-refractivity contribution in [2.24, 2.45) is 10.7 Å². The van der Waals surface area contributed by atoms with Gasteiger partial charge in [-0.15, -0.1) is 24.0 Å². The maximum Gasteiger partial charge on any atom is 0.188 e. The monoisotopic (exact) mass is 405 g/mol. The fourth-order valence-corrected chi connectivity index (χ4v) is 1.72. The molecule has 0 amide bonds. The lowest BCUT2D eigenvalue weighted by Gasteiger charge is -2.19. The Labute approximate surface area is 145 Å². The van der Waals surface area contributed by atoms with Crippen LogP contribution < -0.4 is 15.8 Å². The first-order chi connectivity index (χ1) is 9.29. The minimum atomic E-state index is 0. The molecule has 0 bridgehead atoms. The Hall–Kier alpha value is -0.980. The fourth-order valence-electron chi connectivity index (χ4n) is 1.72. The van der Waals surface area contributed by atoms with Crippen LogP contribution in [-0.2, 0) is 5.41 Å². The van der Waals surface area contributed by atoms with Gasteiger partial charge in [-0.3, -0.25) is 0 Å². The summed E-state index contributed by atoms with van der Waals surface area (Å²) in [7, 11) is 0. The molecule has 1 rings (SSSR count). The molecular formula is C16H28IN3O. The summed E-state index contributed by atoms with van der Waals surface area (Å²) in [5.74, 6) is 1.33.